The topological polar surface area (TPSA) is 90.2 Å². The second-order valence-corrected chi connectivity index (χ2v) is 9.58. The van der Waals surface area contributed by atoms with Crippen LogP contribution in [0.25, 0.3) is 33.3 Å². The second-order valence-electron chi connectivity index (χ2n) is 8.50. The van der Waals surface area contributed by atoms with E-state index in [4.69, 9.17) is 20.2 Å². The molecule has 0 spiro atoms. The number of hydrogen-bond acceptors (Lipinski definition) is 5. The minimum atomic E-state index is -0.410. The number of fused-ring (bicyclic) bond motifs is 1. The van der Waals surface area contributed by atoms with Gasteiger partial charge >= 0.3 is 0 Å². The van der Waals surface area contributed by atoms with Gasteiger partial charge in [-0.3, -0.25) is 4.79 Å². The number of amides is 1. The van der Waals surface area contributed by atoms with Gasteiger partial charge < -0.3 is 20.2 Å². The number of H-pyrrole nitrogens is 1. The molecular formula is C30H27N3O3S. The minimum Gasteiger partial charge on any atom is -0.497 e. The fourth-order valence-corrected chi connectivity index (χ4v) is 5.26. The summed E-state index contributed by atoms with van der Waals surface area (Å²) in [5.74, 6) is 1.91. The molecule has 0 aliphatic carbocycles. The Morgan fingerprint density at radius 3 is 2.16 bits per heavy atom. The van der Waals surface area contributed by atoms with Crippen LogP contribution in [-0.4, -0.2) is 35.8 Å². The molecule has 0 saturated carbocycles. The molecule has 0 unspecified atom stereocenters. The van der Waals surface area contributed by atoms with E-state index in [-0.39, 0.29) is 0 Å². The van der Waals surface area contributed by atoms with E-state index in [0.717, 1.165) is 61.3 Å². The fraction of sp³-hybridized carbons (Fsp3) is 0.133. The number of carbonyl (C=O) groups excluding carboxylic acids is 1. The Labute approximate surface area is 219 Å². The number of aromatic nitrogens is 2. The number of ether oxygens (including phenoxy) is 2. The standard InChI is InChI=1S/C30H27N3O3S/c1-35-22-12-7-20(8-13-22)27-28(21-9-14-23(36-2)15-10-21)33-30(32-27)37-18-17-25-24-6-4-3-5-19(24)11-16-26(25)29(31)34/h3-16H,17-18H2,1-2H3,(H2,31,34)(H,32,33). The largest absolute Gasteiger partial charge is 0.497 e. The van der Waals surface area contributed by atoms with Crippen LogP contribution < -0.4 is 15.2 Å². The van der Waals surface area contributed by atoms with Gasteiger partial charge in [-0.15, -0.1) is 0 Å². The fourth-order valence-electron chi connectivity index (χ4n) is 4.43. The van der Waals surface area contributed by atoms with Crippen molar-refractivity contribution < 1.29 is 14.3 Å². The van der Waals surface area contributed by atoms with E-state index in [0.29, 0.717) is 12.0 Å². The summed E-state index contributed by atoms with van der Waals surface area (Å²) in [7, 11) is 3.31. The molecule has 0 aliphatic rings. The van der Waals surface area contributed by atoms with E-state index in [1.165, 1.54) is 0 Å². The van der Waals surface area contributed by atoms with E-state index < -0.39 is 5.91 Å². The molecule has 0 fully saturated rings. The van der Waals surface area contributed by atoms with Gasteiger partial charge in [0.2, 0.25) is 5.91 Å². The van der Waals surface area contributed by atoms with Crippen LogP contribution in [-0.2, 0) is 6.42 Å². The van der Waals surface area contributed by atoms with Crippen molar-refractivity contribution in [2.24, 2.45) is 5.73 Å². The molecule has 0 radical (unpaired) electrons. The number of nitrogens with two attached hydrogens (primary N) is 1. The lowest BCUT2D eigenvalue weighted by Gasteiger charge is -2.10. The van der Waals surface area contributed by atoms with Crippen LogP contribution in [0.1, 0.15) is 15.9 Å². The Bertz CT molecular complexity index is 1480. The summed E-state index contributed by atoms with van der Waals surface area (Å²) >= 11 is 1.62. The van der Waals surface area contributed by atoms with Crippen LogP contribution in [0.2, 0.25) is 0 Å². The zero-order valence-electron chi connectivity index (χ0n) is 20.7. The molecule has 7 heteroatoms. The highest BCUT2D eigenvalue weighted by atomic mass is 32.2. The first-order valence-electron chi connectivity index (χ1n) is 11.9. The molecule has 1 amide bonds. The summed E-state index contributed by atoms with van der Waals surface area (Å²) in [6.45, 7) is 0. The first kappa shape index (κ1) is 24.5. The number of methoxy groups -OCH3 is 2. The van der Waals surface area contributed by atoms with Crippen molar-refractivity contribution in [3.05, 3.63) is 96.1 Å². The molecule has 0 aliphatic heterocycles. The Morgan fingerprint density at radius 2 is 1.51 bits per heavy atom. The number of primary amides is 1. The van der Waals surface area contributed by atoms with E-state index >= 15 is 0 Å². The highest BCUT2D eigenvalue weighted by molar-refractivity contribution is 7.99. The maximum Gasteiger partial charge on any atom is 0.248 e. The van der Waals surface area contributed by atoms with E-state index in [1.807, 2.05) is 84.9 Å². The van der Waals surface area contributed by atoms with Gasteiger partial charge in [0.1, 0.15) is 11.5 Å². The Morgan fingerprint density at radius 1 is 0.865 bits per heavy atom. The third-order valence-electron chi connectivity index (χ3n) is 6.32. The highest BCUT2D eigenvalue weighted by Gasteiger charge is 2.16. The van der Waals surface area contributed by atoms with Gasteiger partial charge in [-0.05, 0) is 77.4 Å². The molecule has 1 aromatic heterocycles. The van der Waals surface area contributed by atoms with Crippen LogP contribution in [0.3, 0.4) is 0 Å². The highest BCUT2D eigenvalue weighted by Crippen LogP contribution is 2.35. The summed E-state index contributed by atoms with van der Waals surface area (Å²) in [6.07, 6.45) is 0.681. The van der Waals surface area contributed by atoms with Crippen molar-refractivity contribution in [2.45, 2.75) is 11.6 Å². The maximum atomic E-state index is 12.1. The van der Waals surface area contributed by atoms with Crippen molar-refractivity contribution in [1.82, 2.24) is 9.97 Å². The van der Waals surface area contributed by atoms with Gasteiger partial charge in [0.05, 0.1) is 25.6 Å². The number of aryl methyl sites for hydroxylation is 1. The normalized spacial score (nSPS) is 11.0. The lowest BCUT2D eigenvalue weighted by Crippen LogP contribution is -2.14. The van der Waals surface area contributed by atoms with Gasteiger partial charge in [0.25, 0.3) is 0 Å². The number of nitrogens with one attached hydrogen (secondary N) is 1. The molecule has 0 saturated heterocycles. The Kier molecular flexibility index (Phi) is 7.14. The first-order chi connectivity index (χ1) is 18.1. The van der Waals surface area contributed by atoms with Crippen LogP contribution >= 0.6 is 11.8 Å². The second kappa shape index (κ2) is 10.8. The average Bonchev–Trinajstić information content (AvgIpc) is 3.37. The number of hydrogen-bond donors (Lipinski definition) is 2. The van der Waals surface area contributed by atoms with Crippen molar-refractivity contribution in [3.8, 4) is 34.0 Å². The summed E-state index contributed by atoms with van der Waals surface area (Å²) in [5, 5.41) is 2.95. The molecule has 37 heavy (non-hydrogen) atoms. The van der Waals surface area contributed by atoms with Crippen molar-refractivity contribution in [2.75, 3.05) is 20.0 Å². The van der Waals surface area contributed by atoms with Crippen LogP contribution in [0.4, 0.5) is 0 Å². The summed E-state index contributed by atoms with van der Waals surface area (Å²) in [4.78, 5) is 20.6. The zero-order chi connectivity index (χ0) is 25.8. The lowest BCUT2D eigenvalue weighted by atomic mass is 9.97. The minimum absolute atomic E-state index is 0.410. The predicted molar refractivity (Wildman–Crippen MR) is 149 cm³/mol. The summed E-state index contributed by atoms with van der Waals surface area (Å²) in [5.41, 5.74) is 11.0. The number of nitrogens with zero attached hydrogens (tertiary/aromatic N) is 1. The third kappa shape index (κ3) is 5.17. The van der Waals surface area contributed by atoms with Crippen LogP contribution in [0.15, 0.2) is 90.1 Å². The third-order valence-corrected chi connectivity index (χ3v) is 7.20. The quantitative estimate of drug-likeness (QED) is 0.226. The number of thioether (sulfide) groups is 1. The smallest absolute Gasteiger partial charge is 0.248 e. The number of carbonyl (C=O) groups is 1. The summed E-state index contributed by atoms with van der Waals surface area (Å²) < 4.78 is 10.6. The Balaban J connectivity index is 1.45. The van der Waals surface area contributed by atoms with Crippen molar-refractivity contribution in [3.63, 3.8) is 0 Å². The molecule has 5 aromatic rings. The number of aromatic amines is 1. The Hall–Kier alpha value is -4.23. The van der Waals surface area contributed by atoms with E-state index in [1.54, 1.807) is 26.0 Å². The van der Waals surface area contributed by atoms with Gasteiger partial charge in [0, 0.05) is 22.4 Å². The molecule has 3 N–H and O–H groups in total. The predicted octanol–water partition coefficient (Wildman–Crippen LogP) is 6.35. The number of imidazole rings is 1. The van der Waals surface area contributed by atoms with Gasteiger partial charge in [-0.1, -0.05) is 42.1 Å². The maximum absolute atomic E-state index is 12.1. The van der Waals surface area contributed by atoms with Crippen LogP contribution in [0, 0.1) is 0 Å². The monoisotopic (exact) mass is 509 g/mol. The molecule has 4 aromatic carbocycles. The molecule has 1 heterocycles. The van der Waals surface area contributed by atoms with Gasteiger partial charge in [0.15, 0.2) is 5.16 Å². The van der Waals surface area contributed by atoms with E-state index in [2.05, 4.69) is 4.98 Å². The van der Waals surface area contributed by atoms with Crippen molar-refractivity contribution in [1.29, 1.82) is 0 Å². The lowest BCUT2D eigenvalue weighted by molar-refractivity contribution is 0.0999. The number of benzene rings is 4. The van der Waals surface area contributed by atoms with Crippen molar-refractivity contribution >= 4 is 28.4 Å². The molecule has 6 nitrogen and oxygen atoms in total. The molecule has 0 bridgehead atoms. The molecule has 5 rings (SSSR count). The molecule has 186 valence electrons. The molecular weight excluding hydrogens is 482 g/mol. The van der Waals surface area contributed by atoms with E-state index in [9.17, 15) is 4.79 Å². The first-order valence-corrected chi connectivity index (χ1v) is 12.9. The SMILES string of the molecule is COc1ccc(-c2nc(SCCc3c(C(N)=O)ccc4ccccc34)[nH]c2-c2ccc(OC)cc2)cc1. The van der Waals surface area contributed by atoms with Gasteiger partial charge in [-0.2, -0.15) is 0 Å². The zero-order valence-corrected chi connectivity index (χ0v) is 21.5. The average molecular weight is 510 g/mol. The van der Waals surface area contributed by atoms with Gasteiger partial charge in [-0.25, -0.2) is 4.98 Å². The number of rotatable bonds is 9. The van der Waals surface area contributed by atoms with Crippen LogP contribution in [0.5, 0.6) is 11.5 Å². The molecule has 0 atom stereocenters. The summed E-state index contributed by atoms with van der Waals surface area (Å²) in [6, 6.07) is 27.6.